The first kappa shape index (κ1) is 20.6. The summed E-state index contributed by atoms with van der Waals surface area (Å²) < 4.78 is 22.0. The Kier molecular flexibility index (Phi) is 5.16. The third kappa shape index (κ3) is 3.56. The molecular formula is C22H32O7. The van der Waals surface area contributed by atoms with Crippen LogP contribution in [0.4, 0.5) is 0 Å². The number of fused-ring (bicyclic) bond motifs is 1. The smallest absolute Gasteiger partial charge is 0.312 e. The van der Waals surface area contributed by atoms with E-state index < -0.39 is 10.8 Å². The van der Waals surface area contributed by atoms with Crippen LogP contribution < -0.4 is 0 Å². The minimum Gasteiger partial charge on any atom is -0.462 e. The van der Waals surface area contributed by atoms with Crippen LogP contribution >= 0.6 is 0 Å². The highest BCUT2D eigenvalue weighted by atomic mass is 16.6. The Morgan fingerprint density at radius 1 is 1.10 bits per heavy atom. The van der Waals surface area contributed by atoms with E-state index in [1.165, 1.54) is 0 Å². The minimum atomic E-state index is -0.816. The lowest BCUT2D eigenvalue weighted by Gasteiger charge is -2.37. The number of carbonyl (C=O) groups is 3. The molecule has 2 bridgehead atoms. The van der Waals surface area contributed by atoms with Gasteiger partial charge in [-0.2, -0.15) is 0 Å². The van der Waals surface area contributed by atoms with Crippen molar-refractivity contribution >= 4 is 17.9 Å². The third-order valence-electron chi connectivity index (χ3n) is 7.79. The fourth-order valence-electron chi connectivity index (χ4n) is 5.38. The lowest BCUT2D eigenvalue weighted by Crippen LogP contribution is -2.44. The van der Waals surface area contributed by atoms with E-state index in [9.17, 15) is 14.4 Å². The molecule has 7 nitrogen and oxygen atoms in total. The summed E-state index contributed by atoms with van der Waals surface area (Å²) in [7, 11) is 0. The van der Waals surface area contributed by atoms with Crippen LogP contribution in [0.1, 0.15) is 59.8 Å². The molecule has 0 aromatic rings. The van der Waals surface area contributed by atoms with Gasteiger partial charge < -0.3 is 18.9 Å². The van der Waals surface area contributed by atoms with Gasteiger partial charge in [0.1, 0.15) is 24.9 Å². The summed E-state index contributed by atoms with van der Waals surface area (Å²) in [5.74, 6) is -0.358. The molecule has 29 heavy (non-hydrogen) atoms. The van der Waals surface area contributed by atoms with Gasteiger partial charge in [0.2, 0.25) is 0 Å². The molecule has 4 rings (SSSR count). The zero-order chi connectivity index (χ0) is 21.0. The second-order valence-corrected chi connectivity index (χ2v) is 9.83. The maximum atomic E-state index is 13.2. The molecular weight excluding hydrogens is 376 g/mol. The third-order valence-corrected chi connectivity index (χ3v) is 7.79. The average molecular weight is 408 g/mol. The molecule has 2 aliphatic carbocycles. The Bertz CT molecular complexity index is 701. The Balaban J connectivity index is 1.42. The normalized spacial score (nSPS) is 38.1. The molecule has 2 saturated carbocycles. The van der Waals surface area contributed by atoms with Crippen molar-refractivity contribution in [1.82, 2.24) is 0 Å². The fourth-order valence-corrected chi connectivity index (χ4v) is 5.38. The molecule has 2 heterocycles. The van der Waals surface area contributed by atoms with Gasteiger partial charge in [0.25, 0.3) is 0 Å². The van der Waals surface area contributed by atoms with Crippen molar-refractivity contribution in [1.29, 1.82) is 0 Å². The first-order valence-corrected chi connectivity index (χ1v) is 10.9. The Morgan fingerprint density at radius 3 is 2.38 bits per heavy atom. The molecule has 8 atom stereocenters. The van der Waals surface area contributed by atoms with Gasteiger partial charge in [-0.15, -0.1) is 0 Å². The molecule has 162 valence electrons. The SMILES string of the molecule is CCC(C)(CC(C)(CC)C(=O)OC1C2CC3C(=O)OC1C3C2)C(=O)OCC1CO1. The van der Waals surface area contributed by atoms with E-state index >= 15 is 0 Å². The molecule has 0 spiro atoms. The first-order chi connectivity index (χ1) is 13.7. The lowest BCUT2D eigenvalue weighted by atomic mass is 9.70. The molecule has 2 aliphatic heterocycles. The van der Waals surface area contributed by atoms with E-state index in [4.69, 9.17) is 18.9 Å². The zero-order valence-corrected chi connectivity index (χ0v) is 17.8. The molecule has 0 N–H and O–H groups in total. The van der Waals surface area contributed by atoms with Gasteiger partial charge in [0, 0.05) is 11.8 Å². The summed E-state index contributed by atoms with van der Waals surface area (Å²) in [5.41, 5.74) is -1.60. The Hall–Kier alpha value is -1.63. The van der Waals surface area contributed by atoms with Gasteiger partial charge in [0.15, 0.2) is 0 Å². The number of rotatable bonds is 9. The van der Waals surface area contributed by atoms with Crippen molar-refractivity contribution in [3.8, 4) is 0 Å². The minimum absolute atomic E-state index is 0.00823. The number of ether oxygens (including phenoxy) is 4. The highest BCUT2D eigenvalue weighted by Crippen LogP contribution is 2.56. The summed E-state index contributed by atoms with van der Waals surface area (Å²) >= 11 is 0. The van der Waals surface area contributed by atoms with Gasteiger partial charge in [-0.25, -0.2) is 0 Å². The van der Waals surface area contributed by atoms with E-state index in [-0.39, 0.29) is 60.6 Å². The summed E-state index contributed by atoms with van der Waals surface area (Å²) in [6, 6.07) is 0. The molecule has 4 fully saturated rings. The zero-order valence-electron chi connectivity index (χ0n) is 17.8. The summed E-state index contributed by atoms with van der Waals surface area (Å²) in [4.78, 5) is 38.0. The molecule has 4 aliphatic rings. The van der Waals surface area contributed by atoms with E-state index in [0.29, 0.717) is 25.9 Å². The van der Waals surface area contributed by atoms with Gasteiger partial charge in [-0.1, -0.05) is 13.8 Å². The van der Waals surface area contributed by atoms with Crippen LogP contribution in [0.3, 0.4) is 0 Å². The Labute approximate surface area is 171 Å². The maximum absolute atomic E-state index is 13.2. The van der Waals surface area contributed by atoms with Crippen molar-refractivity contribution in [3.05, 3.63) is 0 Å². The molecule has 0 amide bonds. The van der Waals surface area contributed by atoms with Gasteiger partial charge in [-0.05, 0) is 46.0 Å². The van der Waals surface area contributed by atoms with Gasteiger partial charge >= 0.3 is 17.9 Å². The average Bonchev–Trinajstić information content (AvgIpc) is 3.28. The van der Waals surface area contributed by atoms with Crippen molar-refractivity contribution < 1.29 is 33.3 Å². The van der Waals surface area contributed by atoms with Crippen LogP contribution in [0.25, 0.3) is 0 Å². The van der Waals surface area contributed by atoms with E-state index in [1.807, 2.05) is 27.7 Å². The van der Waals surface area contributed by atoms with Crippen molar-refractivity contribution in [2.24, 2.45) is 28.6 Å². The van der Waals surface area contributed by atoms with Crippen molar-refractivity contribution in [3.63, 3.8) is 0 Å². The maximum Gasteiger partial charge on any atom is 0.312 e. The standard InChI is InChI=1S/C22H32O7/c1-5-21(3,19(24)27-10-13-9-26-13)11-22(4,6-2)20(25)29-16-12-7-14-15(8-12)18(23)28-17(14)16/h12-17H,5-11H2,1-4H3. The van der Waals surface area contributed by atoms with Gasteiger partial charge in [-0.3, -0.25) is 14.4 Å². The molecule has 0 aromatic heterocycles. The highest BCUT2D eigenvalue weighted by molar-refractivity contribution is 5.81. The first-order valence-electron chi connectivity index (χ1n) is 10.9. The van der Waals surface area contributed by atoms with Crippen LogP contribution in [0.15, 0.2) is 0 Å². The van der Waals surface area contributed by atoms with Crippen LogP contribution in [0, 0.1) is 28.6 Å². The fraction of sp³-hybridized carbons (Fsp3) is 0.864. The molecule has 0 aromatic carbocycles. The number of hydrogen-bond donors (Lipinski definition) is 0. The number of hydrogen-bond acceptors (Lipinski definition) is 7. The predicted molar refractivity (Wildman–Crippen MR) is 102 cm³/mol. The molecule has 0 radical (unpaired) electrons. The van der Waals surface area contributed by atoms with E-state index in [0.717, 1.165) is 12.8 Å². The number of epoxide rings is 1. The van der Waals surface area contributed by atoms with Crippen LogP contribution in [-0.2, 0) is 33.3 Å². The van der Waals surface area contributed by atoms with Crippen molar-refractivity contribution in [2.45, 2.75) is 78.1 Å². The lowest BCUT2D eigenvalue weighted by molar-refractivity contribution is -0.175. The largest absolute Gasteiger partial charge is 0.462 e. The molecule has 2 saturated heterocycles. The predicted octanol–water partition coefficient (Wildman–Crippen LogP) is 2.64. The van der Waals surface area contributed by atoms with Crippen LogP contribution in [0.5, 0.6) is 0 Å². The number of esters is 3. The van der Waals surface area contributed by atoms with E-state index in [1.54, 1.807) is 0 Å². The summed E-state index contributed by atoms with van der Waals surface area (Å²) in [6.07, 6.45) is 2.48. The summed E-state index contributed by atoms with van der Waals surface area (Å²) in [6.45, 7) is 8.48. The quantitative estimate of drug-likeness (QED) is 0.329. The van der Waals surface area contributed by atoms with Gasteiger partial charge in [0.05, 0.1) is 23.4 Å². The highest BCUT2D eigenvalue weighted by Gasteiger charge is 2.63. The summed E-state index contributed by atoms with van der Waals surface area (Å²) in [5, 5.41) is 0. The number of carbonyl (C=O) groups excluding carboxylic acids is 3. The van der Waals surface area contributed by atoms with Crippen LogP contribution in [0.2, 0.25) is 0 Å². The second kappa shape index (κ2) is 7.25. The molecule has 7 heteroatoms. The topological polar surface area (TPSA) is 91.4 Å². The Morgan fingerprint density at radius 2 is 1.76 bits per heavy atom. The molecule has 8 unspecified atom stereocenters. The second-order valence-electron chi connectivity index (χ2n) is 9.83. The van der Waals surface area contributed by atoms with E-state index in [2.05, 4.69) is 0 Å². The van der Waals surface area contributed by atoms with Crippen molar-refractivity contribution in [2.75, 3.05) is 13.2 Å². The van der Waals surface area contributed by atoms with Crippen LogP contribution in [-0.4, -0.2) is 49.4 Å². The monoisotopic (exact) mass is 408 g/mol.